The van der Waals surface area contributed by atoms with Crippen LogP contribution < -0.4 is 5.56 Å². The second-order valence-corrected chi connectivity index (χ2v) is 5.69. The van der Waals surface area contributed by atoms with Crippen LogP contribution >= 0.6 is 0 Å². The molecule has 0 saturated heterocycles. The number of aryl methyl sites for hydroxylation is 3. The molecule has 0 fully saturated rings. The van der Waals surface area contributed by atoms with E-state index in [0.29, 0.717) is 0 Å². The zero-order valence-electron chi connectivity index (χ0n) is 12.9. The molecule has 0 aliphatic heterocycles. The van der Waals surface area contributed by atoms with E-state index in [0.717, 1.165) is 33.7 Å². The van der Waals surface area contributed by atoms with E-state index in [9.17, 15) is 4.79 Å². The van der Waals surface area contributed by atoms with Crippen LogP contribution in [0.25, 0.3) is 22.3 Å². The number of aromatic nitrogens is 5. The molecule has 1 N–H and O–H groups in total. The number of H-pyrrole nitrogens is 1. The molecule has 0 amide bonds. The predicted octanol–water partition coefficient (Wildman–Crippen LogP) is 2.32. The van der Waals surface area contributed by atoms with E-state index < -0.39 is 0 Å². The summed E-state index contributed by atoms with van der Waals surface area (Å²) in [5.41, 5.74) is 4.27. The monoisotopic (exact) mass is 285 g/mol. The maximum Gasteiger partial charge on any atom is 0.250 e. The van der Waals surface area contributed by atoms with Crippen LogP contribution in [0.1, 0.15) is 31.3 Å². The third-order valence-electron chi connectivity index (χ3n) is 3.64. The molecule has 0 unspecified atom stereocenters. The van der Waals surface area contributed by atoms with Crippen LogP contribution in [-0.4, -0.2) is 24.5 Å². The highest BCUT2D eigenvalue weighted by atomic mass is 16.1. The van der Waals surface area contributed by atoms with Crippen molar-refractivity contribution >= 4 is 11.0 Å². The Kier molecular flexibility index (Phi) is 2.97. The van der Waals surface area contributed by atoms with E-state index in [1.54, 1.807) is 10.7 Å². The fraction of sp³-hybridized carbons (Fsp3) is 0.400. The van der Waals surface area contributed by atoms with E-state index in [-0.39, 0.29) is 11.6 Å². The van der Waals surface area contributed by atoms with Crippen molar-refractivity contribution in [1.29, 1.82) is 0 Å². The quantitative estimate of drug-likeness (QED) is 0.785. The van der Waals surface area contributed by atoms with Crippen LogP contribution in [0, 0.1) is 13.8 Å². The molecule has 0 atom stereocenters. The Morgan fingerprint density at radius 3 is 2.48 bits per heavy atom. The van der Waals surface area contributed by atoms with Crippen molar-refractivity contribution in [3.05, 3.63) is 33.9 Å². The van der Waals surface area contributed by atoms with E-state index in [2.05, 4.69) is 15.2 Å². The lowest BCUT2D eigenvalue weighted by molar-refractivity contribution is 0.542. The highest BCUT2D eigenvalue weighted by Gasteiger charge is 2.18. The van der Waals surface area contributed by atoms with Gasteiger partial charge in [0.05, 0.1) is 17.1 Å². The third-order valence-corrected chi connectivity index (χ3v) is 3.64. The van der Waals surface area contributed by atoms with Crippen molar-refractivity contribution in [3.63, 3.8) is 0 Å². The molecule has 21 heavy (non-hydrogen) atoms. The van der Waals surface area contributed by atoms with Gasteiger partial charge in [0.25, 0.3) is 0 Å². The van der Waals surface area contributed by atoms with Crippen molar-refractivity contribution in [3.8, 4) is 11.3 Å². The van der Waals surface area contributed by atoms with Gasteiger partial charge in [0.1, 0.15) is 5.65 Å². The van der Waals surface area contributed by atoms with Gasteiger partial charge < -0.3 is 4.98 Å². The second-order valence-electron chi connectivity index (χ2n) is 5.69. The Balaban J connectivity index is 2.43. The molecule has 0 spiro atoms. The minimum atomic E-state index is -0.127. The molecule has 3 heterocycles. The van der Waals surface area contributed by atoms with Crippen molar-refractivity contribution in [1.82, 2.24) is 24.5 Å². The van der Waals surface area contributed by atoms with Crippen LogP contribution in [0.15, 0.2) is 16.9 Å². The molecule has 0 aliphatic rings. The average Bonchev–Trinajstić information content (AvgIpc) is 2.89. The van der Waals surface area contributed by atoms with Crippen molar-refractivity contribution in [2.75, 3.05) is 0 Å². The van der Waals surface area contributed by atoms with Gasteiger partial charge in [-0.1, -0.05) is 0 Å². The van der Waals surface area contributed by atoms with Gasteiger partial charge in [-0.2, -0.15) is 10.2 Å². The Labute approximate surface area is 122 Å². The average molecular weight is 285 g/mol. The first-order valence-corrected chi connectivity index (χ1v) is 7.01. The number of hydrogen-bond donors (Lipinski definition) is 1. The fourth-order valence-corrected chi connectivity index (χ4v) is 2.78. The number of nitrogens with zero attached hydrogens (tertiary/aromatic N) is 4. The normalized spacial score (nSPS) is 11.7. The Hall–Kier alpha value is -2.37. The fourth-order valence-electron chi connectivity index (χ4n) is 2.78. The Morgan fingerprint density at radius 1 is 1.19 bits per heavy atom. The van der Waals surface area contributed by atoms with Crippen LogP contribution in [-0.2, 0) is 7.05 Å². The molecular weight excluding hydrogens is 266 g/mol. The summed E-state index contributed by atoms with van der Waals surface area (Å²) in [6, 6.07) is 3.79. The highest BCUT2D eigenvalue weighted by Crippen LogP contribution is 2.29. The molecule has 0 radical (unpaired) electrons. The summed E-state index contributed by atoms with van der Waals surface area (Å²) in [5, 5.41) is 9.92. The topological polar surface area (TPSA) is 68.5 Å². The number of rotatable bonds is 2. The second kappa shape index (κ2) is 4.58. The van der Waals surface area contributed by atoms with E-state index >= 15 is 0 Å². The molecule has 0 saturated carbocycles. The maximum atomic E-state index is 12.1. The SMILES string of the molecule is Cc1cc(-c2cc(=O)[nH]c3c2c(C)nn3C(C)C)n(C)n1. The van der Waals surface area contributed by atoms with Crippen molar-refractivity contribution in [2.24, 2.45) is 7.05 Å². The lowest BCUT2D eigenvalue weighted by Crippen LogP contribution is -2.10. The van der Waals surface area contributed by atoms with Gasteiger partial charge in [-0.15, -0.1) is 0 Å². The smallest absolute Gasteiger partial charge is 0.250 e. The molecule has 6 heteroatoms. The van der Waals surface area contributed by atoms with Crippen LogP contribution in [0.3, 0.4) is 0 Å². The van der Waals surface area contributed by atoms with E-state index in [1.807, 2.05) is 45.5 Å². The molecule has 0 aliphatic carbocycles. The van der Waals surface area contributed by atoms with Crippen LogP contribution in [0.2, 0.25) is 0 Å². The van der Waals surface area contributed by atoms with Crippen molar-refractivity contribution < 1.29 is 0 Å². The van der Waals surface area contributed by atoms with Gasteiger partial charge >= 0.3 is 0 Å². The predicted molar refractivity (Wildman–Crippen MR) is 82.4 cm³/mol. The van der Waals surface area contributed by atoms with Crippen LogP contribution in [0.4, 0.5) is 0 Å². The Bertz CT molecular complexity index is 881. The number of aromatic amines is 1. The van der Waals surface area contributed by atoms with Gasteiger partial charge in [0, 0.05) is 30.1 Å². The number of hydrogen-bond acceptors (Lipinski definition) is 3. The minimum absolute atomic E-state index is 0.127. The lowest BCUT2D eigenvalue weighted by atomic mass is 10.1. The van der Waals surface area contributed by atoms with Gasteiger partial charge in [-0.05, 0) is 33.8 Å². The molecule has 6 nitrogen and oxygen atoms in total. The van der Waals surface area contributed by atoms with Gasteiger partial charge in [0.2, 0.25) is 5.56 Å². The first-order valence-electron chi connectivity index (χ1n) is 7.01. The first kappa shape index (κ1) is 13.6. The van der Waals surface area contributed by atoms with E-state index in [1.165, 1.54) is 0 Å². The number of nitrogens with one attached hydrogen (secondary N) is 1. The molecule has 3 aromatic rings. The Morgan fingerprint density at radius 2 is 1.90 bits per heavy atom. The molecule has 0 bridgehead atoms. The standard InChI is InChI=1S/C15H19N5O/c1-8(2)20-15-14(10(4)18-20)11(7-13(21)16-15)12-6-9(3)17-19(12)5/h6-8H,1-5H3,(H,16,21). The summed E-state index contributed by atoms with van der Waals surface area (Å²) in [4.78, 5) is 15.0. The summed E-state index contributed by atoms with van der Waals surface area (Å²) in [5.74, 6) is 0. The summed E-state index contributed by atoms with van der Waals surface area (Å²) in [7, 11) is 1.89. The minimum Gasteiger partial charge on any atom is -0.307 e. The lowest BCUT2D eigenvalue weighted by Gasteiger charge is -2.08. The van der Waals surface area contributed by atoms with Crippen LogP contribution in [0.5, 0.6) is 0 Å². The van der Waals surface area contributed by atoms with E-state index in [4.69, 9.17) is 0 Å². The highest BCUT2D eigenvalue weighted by molar-refractivity contribution is 5.93. The summed E-state index contributed by atoms with van der Waals surface area (Å²) in [6.45, 7) is 8.00. The molecule has 3 rings (SSSR count). The molecule has 0 aromatic carbocycles. The van der Waals surface area contributed by atoms with Gasteiger partial charge in [0.15, 0.2) is 0 Å². The first-order chi connectivity index (χ1) is 9.88. The van der Waals surface area contributed by atoms with Gasteiger partial charge in [-0.25, -0.2) is 4.68 Å². The number of pyridine rings is 1. The summed E-state index contributed by atoms with van der Waals surface area (Å²) < 4.78 is 3.66. The zero-order valence-corrected chi connectivity index (χ0v) is 12.9. The number of fused-ring (bicyclic) bond motifs is 1. The summed E-state index contributed by atoms with van der Waals surface area (Å²) >= 11 is 0. The molecule has 110 valence electrons. The molecular formula is C15H19N5O. The van der Waals surface area contributed by atoms with Gasteiger partial charge in [-0.3, -0.25) is 9.48 Å². The largest absolute Gasteiger partial charge is 0.307 e. The molecule has 3 aromatic heterocycles. The maximum absolute atomic E-state index is 12.1. The third kappa shape index (κ3) is 2.07. The van der Waals surface area contributed by atoms with Crippen molar-refractivity contribution in [2.45, 2.75) is 33.7 Å². The summed E-state index contributed by atoms with van der Waals surface area (Å²) in [6.07, 6.45) is 0. The zero-order chi connectivity index (χ0) is 15.3.